The van der Waals surface area contributed by atoms with Crippen LogP contribution in [-0.2, 0) is 9.59 Å². The normalized spacial score (nSPS) is 17.8. The minimum Gasteiger partial charge on any atom is -0.494 e. The van der Waals surface area contributed by atoms with Crippen LogP contribution >= 0.6 is 0 Å². The average Bonchev–Trinajstić information content (AvgIpc) is 2.54. The molecule has 1 amide bonds. The molecule has 1 unspecified atom stereocenters. The van der Waals surface area contributed by atoms with E-state index in [1.165, 1.54) is 11.1 Å². The van der Waals surface area contributed by atoms with Gasteiger partial charge in [-0.05, 0) is 56.4 Å². The number of hydrogen-bond donors (Lipinski definition) is 1. The van der Waals surface area contributed by atoms with E-state index < -0.39 is 11.9 Å². The third kappa shape index (κ3) is 4.98. The number of piperidine rings is 1. The summed E-state index contributed by atoms with van der Waals surface area (Å²) in [5.41, 5.74) is 2.41. The zero-order chi connectivity index (χ0) is 16.8. The molecule has 0 aliphatic carbocycles. The van der Waals surface area contributed by atoms with E-state index in [0.29, 0.717) is 39.0 Å². The van der Waals surface area contributed by atoms with Crippen LogP contribution in [0.4, 0.5) is 0 Å². The minimum absolute atomic E-state index is 0.0274. The molecule has 1 aromatic rings. The van der Waals surface area contributed by atoms with Crippen molar-refractivity contribution in [1.29, 1.82) is 0 Å². The molecule has 2 rings (SSSR count). The lowest BCUT2D eigenvalue weighted by Gasteiger charge is -2.30. The van der Waals surface area contributed by atoms with Crippen molar-refractivity contribution < 1.29 is 19.4 Å². The predicted molar refractivity (Wildman–Crippen MR) is 87.6 cm³/mol. The number of carbonyl (C=O) groups excluding carboxylic acids is 1. The van der Waals surface area contributed by atoms with Crippen molar-refractivity contribution in [1.82, 2.24) is 4.90 Å². The Morgan fingerprint density at radius 3 is 2.78 bits per heavy atom. The number of aliphatic carboxylic acids is 1. The second-order valence-electron chi connectivity index (χ2n) is 6.22. The number of rotatable bonds is 6. The highest BCUT2D eigenvalue weighted by molar-refractivity contribution is 5.78. The third-order valence-corrected chi connectivity index (χ3v) is 4.41. The number of carbonyl (C=O) groups is 2. The van der Waals surface area contributed by atoms with Gasteiger partial charge in [0.25, 0.3) is 0 Å². The molecule has 1 atom stereocenters. The first kappa shape index (κ1) is 17.3. The van der Waals surface area contributed by atoms with Gasteiger partial charge < -0.3 is 14.7 Å². The Bertz CT molecular complexity index is 570. The number of ether oxygens (including phenoxy) is 1. The fourth-order valence-corrected chi connectivity index (χ4v) is 2.78. The van der Waals surface area contributed by atoms with Gasteiger partial charge in [0.15, 0.2) is 0 Å². The van der Waals surface area contributed by atoms with Gasteiger partial charge in [0.05, 0.1) is 12.5 Å². The Morgan fingerprint density at radius 2 is 2.09 bits per heavy atom. The molecule has 126 valence electrons. The Hall–Kier alpha value is -2.04. The fourth-order valence-electron chi connectivity index (χ4n) is 2.78. The number of nitrogens with zero attached hydrogens (tertiary/aromatic N) is 1. The molecule has 5 nitrogen and oxygen atoms in total. The minimum atomic E-state index is -0.805. The van der Waals surface area contributed by atoms with Crippen LogP contribution in [-0.4, -0.2) is 41.6 Å². The van der Waals surface area contributed by atoms with Gasteiger partial charge in [-0.2, -0.15) is 0 Å². The second kappa shape index (κ2) is 7.99. The summed E-state index contributed by atoms with van der Waals surface area (Å²) >= 11 is 0. The molecule has 0 spiro atoms. The summed E-state index contributed by atoms with van der Waals surface area (Å²) in [4.78, 5) is 24.9. The average molecular weight is 319 g/mol. The number of aryl methyl sites for hydroxylation is 2. The van der Waals surface area contributed by atoms with Crippen molar-refractivity contribution in [3.63, 3.8) is 0 Å². The molecule has 1 aromatic carbocycles. The van der Waals surface area contributed by atoms with Gasteiger partial charge in [-0.1, -0.05) is 6.07 Å². The van der Waals surface area contributed by atoms with Gasteiger partial charge >= 0.3 is 5.97 Å². The highest BCUT2D eigenvalue weighted by atomic mass is 16.5. The molecule has 5 heteroatoms. The second-order valence-corrected chi connectivity index (χ2v) is 6.22. The lowest BCUT2D eigenvalue weighted by molar-refractivity contribution is -0.145. The van der Waals surface area contributed by atoms with Gasteiger partial charge in [-0.15, -0.1) is 0 Å². The summed E-state index contributed by atoms with van der Waals surface area (Å²) in [7, 11) is 0. The van der Waals surface area contributed by atoms with E-state index in [0.717, 1.165) is 12.2 Å². The molecule has 1 saturated heterocycles. The molecule has 0 bridgehead atoms. The molecule has 0 radical (unpaired) electrons. The van der Waals surface area contributed by atoms with Crippen LogP contribution in [0.3, 0.4) is 0 Å². The van der Waals surface area contributed by atoms with Crippen molar-refractivity contribution in [3.8, 4) is 5.75 Å². The lowest BCUT2D eigenvalue weighted by atomic mass is 9.98. The molecule has 0 aromatic heterocycles. The maximum absolute atomic E-state index is 12.2. The van der Waals surface area contributed by atoms with Crippen molar-refractivity contribution in [3.05, 3.63) is 29.3 Å². The highest BCUT2D eigenvalue weighted by Crippen LogP contribution is 2.19. The first-order valence-corrected chi connectivity index (χ1v) is 8.18. The molecule has 23 heavy (non-hydrogen) atoms. The maximum atomic E-state index is 12.2. The standard InChI is InChI=1S/C18H25NO4/c1-13-7-8-16(11-14(13)2)23-10-4-6-17(20)19-9-3-5-15(12-19)18(21)22/h7-8,11,15H,3-6,9-10,12H2,1-2H3,(H,21,22). The van der Waals surface area contributed by atoms with Crippen molar-refractivity contribution in [2.75, 3.05) is 19.7 Å². The summed E-state index contributed by atoms with van der Waals surface area (Å²) in [5, 5.41) is 9.06. The fraction of sp³-hybridized carbons (Fsp3) is 0.556. The highest BCUT2D eigenvalue weighted by Gasteiger charge is 2.27. The zero-order valence-electron chi connectivity index (χ0n) is 13.9. The number of benzene rings is 1. The van der Waals surface area contributed by atoms with Crippen LogP contribution in [0.25, 0.3) is 0 Å². The van der Waals surface area contributed by atoms with E-state index in [9.17, 15) is 9.59 Å². The lowest BCUT2D eigenvalue weighted by Crippen LogP contribution is -2.42. The Balaban J connectivity index is 1.72. The first-order valence-electron chi connectivity index (χ1n) is 8.18. The number of hydrogen-bond acceptors (Lipinski definition) is 3. The molecule has 1 fully saturated rings. The Labute approximate surface area is 137 Å². The van der Waals surface area contributed by atoms with E-state index in [1.54, 1.807) is 4.90 Å². The molecule has 0 saturated carbocycles. The molecular formula is C18H25NO4. The summed E-state index contributed by atoms with van der Waals surface area (Å²) in [6.45, 7) is 5.60. The largest absolute Gasteiger partial charge is 0.494 e. The zero-order valence-corrected chi connectivity index (χ0v) is 13.9. The molecular weight excluding hydrogens is 294 g/mol. The van der Waals surface area contributed by atoms with Crippen LogP contribution in [0.2, 0.25) is 0 Å². The first-order chi connectivity index (χ1) is 11.0. The van der Waals surface area contributed by atoms with E-state index in [-0.39, 0.29) is 5.91 Å². The van der Waals surface area contributed by atoms with Gasteiger partial charge in [0.1, 0.15) is 5.75 Å². The van der Waals surface area contributed by atoms with Crippen LogP contribution in [0.1, 0.15) is 36.8 Å². The summed E-state index contributed by atoms with van der Waals surface area (Å²) in [5.74, 6) is -0.371. The van der Waals surface area contributed by atoms with Crippen LogP contribution < -0.4 is 4.74 Å². The molecule has 1 N–H and O–H groups in total. The number of amides is 1. The smallest absolute Gasteiger partial charge is 0.308 e. The van der Waals surface area contributed by atoms with Crippen molar-refractivity contribution in [2.45, 2.75) is 39.5 Å². The summed E-state index contributed by atoms with van der Waals surface area (Å²) in [6, 6.07) is 5.96. The van der Waals surface area contributed by atoms with E-state index in [4.69, 9.17) is 9.84 Å². The summed E-state index contributed by atoms with van der Waals surface area (Å²) in [6.07, 6.45) is 2.47. The topological polar surface area (TPSA) is 66.8 Å². The SMILES string of the molecule is Cc1ccc(OCCCC(=O)N2CCCC(C(=O)O)C2)cc1C. The van der Waals surface area contributed by atoms with Crippen LogP contribution in [0.5, 0.6) is 5.75 Å². The quantitative estimate of drug-likeness (QED) is 0.819. The molecule has 1 aliphatic rings. The Kier molecular flexibility index (Phi) is 6.02. The van der Waals surface area contributed by atoms with Gasteiger partial charge in [0, 0.05) is 19.5 Å². The van der Waals surface area contributed by atoms with E-state index >= 15 is 0 Å². The maximum Gasteiger partial charge on any atom is 0.308 e. The Morgan fingerprint density at radius 1 is 1.30 bits per heavy atom. The predicted octanol–water partition coefficient (Wildman–Crippen LogP) is 2.79. The number of likely N-dealkylation sites (tertiary alicyclic amines) is 1. The molecule has 1 heterocycles. The van der Waals surface area contributed by atoms with Crippen LogP contribution in [0.15, 0.2) is 18.2 Å². The third-order valence-electron chi connectivity index (χ3n) is 4.41. The van der Waals surface area contributed by atoms with Gasteiger partial charge in [-0.25, -0.2) is 0 Å². The van der Waals surface area contributed by atoms with E-state index in [2.05, 4.69) is 6.92 Å². The van der Waals surface area contributed by atoms with Gasteiger partial charge in [0.2, 0.25) is 5.91 Å². The van der Waals surface area contributed by atoms with Crippen molar-refractivity contribution in [2.24, 2.45) is 5.92 Å². The van der Waals surface area contributed by atoms with Gasteiger partial charge in [-0.3, -0.25) is 9.59 Å². The van der Waals surface area contributed by atoms with Crippen molar-refractivity contribution >= 4 is 11.9 Å². The molecule has 1 aliphatic heterocycles. The monoisotopic (exact) mass is 319 g/mol. The van der Waals surface area contributed by atoms with E-state index in [1.807, 2.05) is 25.1 Å². The number of carboxylic acid groups (broad SMARTS) is 1. The summed E-state index contributed by atoms with van der Waals surface area (Å²) < 4.78 is 5.67. The van der Waals surface area contributed by atoms with Crippen LogP contribution in [0, 0.1) is 19.8 Å². The number of carboxylic acids is 1.